The van der Waals surface area contributed by atoms with E-state index < -0.39 is 15.6 Å². The summed E-state index contributed by atoms with van der Waals surface area (Å²) in [6.07, 6.45) is 0.959. The van der Waals surface area contributed by atoms with Crippen molar-refractivity contribution < 1.29 is 25.8 Å². The molecule has 0 radical (unpaired) electrons. The molecule has 0 unspecified atom stereocenters. The second-order valence-corrected chi connectivity index (χ2v) is 30.1. The zero-order valence-electron chi connectivity index (χ0n) is 60.2. The van der Waals surface area contributed by atoms with E-state index in [0.29, 0.717) is 10.9 Å². The van der Waals surface area contributed by atoms with Crippen LogP contribution >= 0.6 is 0 Å². The minimum absolute atomic E-state index is 0.0633. The molecule has 16 aromatic carbocycles. The summed E-state index contributed by atoms with van der Waals surface area (Å²) in [5.41, 5.74) is 24.4. The third-order valence-electron chi connectivity index (χ3n) is 21.2. The number of benzene rings is 16. The molecule has 16 aromatic rings. The van der Waals surface area contributed by atoms with Crippen LogP contribution < -0.4 is 9.08 Å². The van der Waals surface area contributed by atoms with E-state index in [4.69, 9.17) is 0 Å². The summed E-state index contributed by atoms with van der Waals surface area (Å²) in [6.45, 7) is 9.41. The second-order valence-electron chi connectivity index (χ2n) is 28.6. The largest absolute Gasteiger partial charge is 0.534 e. The molecular formula is C100H76F3NO3S. The maximum atomic E-state index is 13.0. The highest BCUT2D eigenvalue weighted by atomic mass is 32.2. The SMILES string of the molecule is CC1(C)c2ccccc2-c2ccc(Cc3cccc(-c4ccccc4)c3)cc21.CC1(C)c2ccccc2-c2ccc(N(c3cccc(-c4ccccc4)c3)c3cc(-c4ccccc4)c(-c4ccccc4)c4ccccc34)cc21.O=S(=O)(Oc1cc(-c2ccccc2)c(-c2ccccc2)c2ccccc12)C(F)(F)F. The summed E-state index contributed by atoms with van der Waals surface area (Å²) < 4.78 is 66.9. The third kappa shape index (κ3) is 13.5. The van der Waals surface area contributed by atoms with Crippen LogP contribution in [0.5, 0.6) is 5.75 Å². The van der Waals surface area contributed by atoms with Crippen molar-refractivity contribution in [1.82, 2.24) is 0 Å². The molecule has 0 aliphatic heterocycles. The van der Waals surface area contributed by atoms with Crippen LogP contribution in [0, 0.1) is 0 Å². The Morgan fingerprint density at radius 1 is 0.296 bits per heavy atom. The summed E-state index contributed by atoms with van der Waals surface area (Å²) in [4.78, 5) is 2.48. The number of fused-ring (bicyclic) bond motifs is 8. The van der Waals surface area contributed by atoms with Gasteiger partial charge in [0, 0.05) is 33.0 Å². The molecule has 108 heavy (non-hydrogen) atoms. The fourth-order valence-electron chi connectivity index (χ4n) is 15.9. The molecule has 0 bridgehead atoms. The number of hydrogen-bond donors (Lipinski definition) is 0. The Labute approximate surface area is 630 Å². The van der Waals surface area contributed by atoms with Gasteiger partial charge in [-0.25, -0.2) is 0 Å². The molecule has 0 N–H and O–H groups in total. The van der Waals surface area contributed by atoms with Crippen molar-refractivity contribution in [1.29, 1.82) is 0 Å². The van der Waals surface area contributed by atoms with Crippen LogP contribution in [0.2, 0.25) is 0 Å². The lowest BCUT2D eigenvalue weighted by Gasteiger charge is -2.30. The van der Waals surface area contributed by atoms with Crippen LogP contribution in [0.1, 0.15) is 61.1 Å². The van der Waals surface area contributed by atoms with E-state index in [2.05, 4.69) is 322 Å². The maximum Gasteiger partial charge on any atom is 0.534 e. The first kappa shape index (κ1) is 69.7. The van der Waals surface area contributed by atoms with Crippen LogP contribution in [0.4, 0.5) is 30.2 Å². The summed E-state index contributed by atoms with van der Waals surface area (Å²) in [5.74, 6) is -0.374. The van der Waals surface area contributed by atoms with E-state index in [1.165, 1.54) is 123 Å². The number of rotatable bonds is 13. The molecule has 18 rings (SSSR count). The summed E-state index contributed by atoms with van der Waals surface area (Å²) in [7, 11) is -5.82. The minimum atomic E-state index is -5.82. The van der Waals surface area contributed by atoms with Crippen LogP contribution in [0.15, 0.2) is 376 Å². The Kier molecular flexibility index (Phi) is 18.7. The van der Waals surface area contributed by atoms with Crippen molar-refractivity contribution in [3.63, 3.8) is 0 Å². The van der Waals surface area contributed by atoms with E-state index in [1.807, 2.05) is 36.4 Å². The van der Waals surface area contributed by atoms with Gasteiger partial charge < -0.3 is 9.08 Å². The smallest absolute Gasteiger partial charge is 0.375 e. The Bertz CT molecular complexity index is 6110. The third-order valence-corrected chi connectivity index (χ3v) is 22.1. The number of halogens is 3. The van der Waals surface area contributed by atoms with Crippen LogP contribution in [-0.2, 0) is 27.4 Å². The fourth-order valence-corrected chi connectivity index (χ4v) is 16.4. The minimum Gasteiger partial charge on any atom is -0.375 e. The summed E-state index contributed by atoms with van der Waals surface area (Å²) in [5, 5.41) is 3.29. The van der Waals surface area contributed by atoms with Crippen LogP contribution in [0.25, 0.3) is 111 Å². The first-order chi connectivity index (χ1) is 52.5. The van der Waals surface area contributed by atoms with Gasteiger partial charge in [0.2, 0.25) is 0 Å². The lowest BCUT2D eigenvalue weighted by atomic mass is 9.81. The highest BCUT2D eigenvalue weighted by molar-refractivity contribution is 7.88. The van der Waals surface area contributed by atoms with Gasteiger partial charge in [-0.2, -0.15) is 21.6 Å². The van der Waals surface area contributed by atoms with Crippen molar-refractivity contribution >= 4 is 48.7 Å². The maximum absolute atomic E-state index is 13.0. The first-order valence-corrected chi connectivity index (χ1v) is 37.8. The van der Waals surface area contributed by atoms with Crippen molar-refractivity contribution in [2.24, 2.45) is 0 Å². The van der Waals surface area contributed by atoms with Gasteiger partial charge >= 0.3 is 15.6 Å². The molecule has 0 amide bonds. The average Bonchev–Trinajstić information content (AvgIpc) is 1.41. The molecule has 2 aliphatic rings. The standard InChI is InChI=1S/C49H37N.C28H24.C23H15F3O3S/c1-49(2)45-28-15-14-25-40(45)41-30-29-39(32-46(41)49)50(38-24-16-23-37(31-38)34-17-6-3-7-18-34)47-33-44(35-19-8-4-9-20-35)48(36-21-10-5-11-22-36)43-27-13-12-26-42(43)47;1-28(2)26-14-7-6-13-24(26)25-16-15-21(19-27(25)28)17-20-9-8-12-23(18-20)22-10-4-3-5-11-22;24-23(25,26)30(27,28)29-21-15-20(16-9-3-1-4-10-16)22(17-11-5-2-6-12-17)19-14-8-7-13-18(19)21/h3-33H,1-2H3;3-16,18-19H,17H2,1-2H3;1-15H. The van der Waals surface area contributed by atoms with Gasteiger partial charge in [0.05, 0.1) is 5.69 Å². The first-order valence-electron chi connectivity index (χ1n) is 36.4. The Balaban J connectivity index is 0.000000132. The van der Waals surface area contributed by atoms with Crippen molar-refractivity contribution in [2.75, 3.05) is 4.90 Å². The zero-order chi connectivity index (χ0) is 74.2. The quantitative estimate of drug-likeness (QED) is 0.0853. The molecule has 0 atom stereocenters. The highest BCUT2D eigenvalue weighted by Crippen LogP contribution is 2.54. The average molecular weight is 1430 g/mol. The predicted octanol–water partition coefficient (Wildman–Crippen LogP) is 27.3. The lowest BCUT2D eigenvalue weighted by Crippen LogP contribution is -2.28. The number of hydrogen-bond acceptors (Lipinski definition) is 4. The van der Waals surface area contributed by atoms with E-state index in [9.17, 15) is 21.6 Å². The Hall–Kier alpha value is -12.6. The van der Waals surface area contributed by atoms with Crippen LogP contribution in [-0.4, -0.2) is 13.9 Å². The van der Waals surface area contributed by atoms with Gasteiger partial charge in [0.1, 0.15) is 0 Å². The number of nitrogens with zero attached hydrogens (tertiary/aromatic N) is 1. The summed E-state index contributed by atoms with van der Waals surface area (Å²) in [6, 6.07) is 130. The number of anilines is 3. The van der Waals surface area contributed by atoms with Gasteiger partial charge in [-0.1, -0.05) is 367 Å². The monoisotopic (exact) mass is 1430 g/mol. The van der Waals surface area contributed by atoms with Crippen LogP contribution in [0.3, 0.4) is 0 Å². The fraction of sp³-hybridized carbons (Fsp3) is 0.0800. The molecule has 0 spiro atoms. The lowest BCUT2D eigenvalue weighted by molar-refractivity contribution is -0.0499. The molecule has 8 heteroatoms. The molecule has 0 fully saturated rings. The Morgan fingerprint density at radius 3 is 1.19 bits per heavy atom. The molecule has 526 valence electrons. The number of alkyl halides is 3. The molecule has 0 saturated carbocycles. The molecule has 4 nitrogen and oxygen atoms in total. The topological polar surface area (TPSA) is 46.6 Å². The molecule has 0 aromatic heterocycles. The van der Waals surface area contributed by atoms with Crippen molar-refractivity contribution in [2.45, 2.75) is 50.5 Å². The highest BCUT2D eigenvalue weighted by Gasteiger charge is 2.49. The van der Waals surface area contributed by atoms with Gasteiger partial charge in [-0.15, -0.1) is 0 Å². The summed E-state index contributed by atoms with van der Waals surface area (Å²) >= 11 is 0. The van der Waals surface area contributed by atoms with Gasteiger partial charge in [-0.05, 0) is 176 Å². The van der Waals surface area contributed by atoms with Gasteiger partial charge in [0.15, 0.2) is 5.75 Å². The van der Waals surface area contributed by atoms with E-state index in [-0.39, 0.29) is 22.0 Å². The zero-order valence-corrected chi connectivity index (χ0v) is 61.0. The Morgan fingerprint density at radius 2 is 0.667 bits per heavy atom. The van der Waals surface area contributed by atoms with E-state index in [1.54, 1.807) is 42.5 Å². The molecule has 0 saturated heterocycles. The van der Waals surface area contributed by atoms with Crippen molar-refractivity contribution in [3.8, 4) is 94.8 Å². The van der Waals surface area contributed by atoms with E-state index in [0.717, 1.165) is 40.2 Å². The molecule has 0 heterocycles. The molecule has 2 aliphatic carbocycles. The second kappa shape index (κ2) is 29.0. The van der Waals surface area contributed by atoms with Gasteiger partial charge in [0.25, 0.3) is 0 Å². The predicted molar refractivity (Wildman–Crippen MR) is 442 cm³/mol. The van der Waals surface area contributed by atoms with Gasteiger partial charge in [-0.3, -0.25) is 0 Å². The normalized spacial score (nSPS) is 12.8. The van der Waals surface area contributed by atoms with E-state index >= 15 is 0 Å². The van der Waals surface area contributed by atoms with Crippen molar-refractivity contribution in [3.05, 3.63) is 409 Å². The molecular weight excluding hydrogens is 1350 g/mol.